The number of carbonyl (C=O) groups excluding carboxylic acids is 1. The van der Waals surface area contributed by atoms with E-state index in [4.69, 9.17) is 0 Å². The van der Waals surface area contributed by atoms with Crippen molar-refractivity contribution in [3.63, 3.8) is 0 Å². The van der Waals surface area contributed by atoms with Gasteiger partial charge in [-0.05, 0) is 24.7 Å². The maximum absolute atomic E-state index is 12.2. The van der Waals surface area contributed by atoms with Crippen LogP contribution >= 0.6 is 0 Å². The molecule has 1 atom stereocenters. The van der Waals surface area contributed by atoms with E-state index in [9.17, 15) is 13.2 Å². The highest BCUT2D eigenvalue weighted by atomic mass is 32.2. The molecule has 0 radical (unpaired) electrons. The highest BCUT2D eigenvalue weighted by Crippen LogP contribution is 2.41. The van der Waals surface area contributed by atoms with Gasteiger partial charge in [0.2, 0.25) is 0 Å². The number of rotatable bonds is 6. The number of sulfone groups is 1. The summed E-state index contributed by atoms with van der Waals surface area (Å²) in [6.45, 7) is 5.98. The van der Waals surface area contributed by atoms with Gasteiger partial charge in [0.15, 0.2) is 0 Å². The van der Waals surface area contributed by atoms with Crippen molar-refractivity contribution in [1.82, 2.24) is 0 Å². The van der Waals surface area contributed by atoms with Crippen LogP contribution in [-0.2, 0) is 14.6 Å². The summed E-state index contributed by atoms with van der Waals surface area (Å²) < 4.78 is 22.7. The van der Waals surface area contributed by atoms with Crippen LogP contribution in [0.25, 0.3) is 0 Å². The monoisotopic (exact) mass is 274 g/mol. The van der Waals surface area contributed by atoms with Crippen LogP contribution in [0.1, 0.15) is 59.3 Å². The second kappa shape index (κ2) is 6.18. The summed E-state index contributed by atoms with van der Waals surface area (Å²) in [6.07, 6.45) is 5.34. The van der Waals surface area contributed by atoms with Gasteiger partial charge in [-0.25, -0.2) is 8.42 Å². The molecule has 3 nitrogen and oxygen atoms in total. The maximum atomic E-state index is 12.2. The lowest BCUT2D eigenvalue weighted by Gasteiger charge is -2.37. The fourth-order valence-corrected chi connectivity index (χ4v) is 3.75. The van der Waals surface area contributed by atoms with Gasteiger partial charge in [0.25, 0.3) is 0 Å². The largest absolute Gasteiger partial charge is 0.299 e. The van der Waals surface area contributed by atoms with Gasteiger partial charge >= 0.3 is 0 Å². The third kappa shape index (κ3) is 4.38. The Balaban J connectivity index is 2.45. The average Bonchev–Trinajstić information content (AvgIpc) is 2.28. The molecule has 1 rings (SSSR count). The van der Waals surface area contributed by atoms with Crippen LogP contribution in [0.5, 0.6) is 0 Å². The van der Waals surface area contributed by atoms with E-state index in [0.717, 1.165) is 19.3 Å². The van der Waals surface area contributed by atoms with Crippen molar-refractivity contribution in [2.45, 2.75) is 59.3 Å². The Morgan fingerprint density at radius 2 is 1.94 bits per heavy atom. The zero-order chi connectivity index (χ0) is 13.8. The summed E-state index contributed by atoms with van der Waals surface area (Å²) in [6, 6.07) is 0. The lowest BCUT2D eigenvalue weighted by Crippen LogP contribution is -2.34. The Morgan fingerprint density at radius 1 is 1.28 bits per heavy atom. The molecule has 0 aromatic carbocycles. The number of ketones is 1. The van der Waals surface area contributed by atoms with Gasteiger partial charge in [-0.2, -0.15) is 0 Å². The van der Waals surface area contributed by atoms with Crippen molar-refractivity contribution in [3.05, 3.63) is 0 Å². The lowest BCUT2D eigenvalue weighted by molar-refractivity contribution is -0.128. The molecule has 0 spiro atoms. The maximum Gasteiger partial charge on any atom is 0.150 e. The van der Waals surface area contributed by atoms with E-state index in [1.165, 1.54) is 6.42 Å². The Kier molecular flexibility index (Phi) is 5.38. The van der Waals surface area contributed by atoms with E-state index < -0.39 is 9.84 Å². The summed E-state index contributed by atoms with van der Waals surface area (Å²) >= 11 is 0. The summed E-state index contributed by atoms with van der Waals surface area (Å²) in [5.74, 6) is 0.736. The van der Waals surface area contributed by atoms with Crippen molar-refractivity contribution in [3.8, 4) is 0 Å². The van der Waals surface area contributed by atoms with Crippen LogP contribution < -0.4 is 0 Å². The zero-order valence-corrected chi connectivity index (χ0v) is 12.7. The smallest absolute Gasteiger partial charge is 0.150 e. The predicted octanol–water partition coefficient (Wildman–Crippen LogP) is 2.99. The molecule has 0 heterocycles. The van der Waals surface area contributed by atoms with Gasteiger partial charge < -0.3 is 0 Å². The first-order chi connectivity index (χ1) is 8.28. The summed E-state index contributed by atoms with van der Waals surface area (Å²) in [5.41, 5.74) is 0.0962. The minimum atomic E-state index is -2.93. The highest BCUT2D eigenvalue weighted by Gasteiger charge is 2.36. The second-order valence-electron chi connectivity index (χ2n) is 6.09. The van der Waals surface area contributed by atoms with E-state index in [2.05, 4.69) is 13.8 Å². The first-order valence-electron chi connectivity index (χ1n) is 7.01. The molecule has 0 saturated heterocycles. The molecule has 106 valence electrons. The van der Waals surface area contributed by atoms with E-state index >= 15 is 0 Å². The Labute approximate surface area is 111 Å². The van der Waals surface area contributed by atoms with Gasteiger partial charge in [-0.15, -0.1) is 0 Å². The number of hydrogen-bond donors (Lipinski definition) is 0. The Hall–Kier alpha value is -0.380. The number of hydrogen-bond acceptors (Lipinski definition) is 3. The number of Topliss-reactive ketones (excluding diaryl/α,β-unsaturated/α-hetero) is 1. The second-order valence-corrected chi connectivity index (χ2v) is 8.57. The van der Waals surface area contributed by atoms with Crippen LogP contribution in [0.2, 0.25) is 0 Å². The van der Waals surface area contributed by atoms with Crippen LogP contribution in [0, 0.1) is 11.3 Å². The first-order valence-corrected chi connectivity index (χ1v) is 8.84. The third-order valence-corrected chi connectivity index (χ3v) is 6.00. The molecule has 0 amide bonds. The summed E-state index contributed by atoms with van der Waals surface area (Å²) in [4.78, 5) is 12.2. The van der Waals surface area contributed by atoms with Gasteiger partial charge in [0, 0.05) is 18.1 Å². The summed E-state index contributed by atoms with van der Waals surface area (Å²) in [5, 5.41) is 0. The van der Waals surface area contributed by atoms with Crippen molar-refractivity contribution in [1.29, 1.82) is 0 Å². The minimum absolute atomic E-state index is 0.0962. The molecule has 1 unspecified atom stereocenters. The molecule has 1 saturated carbocycles. The Morgan fingerprint density at radius 3 is 2.50 bits per heavy atom. The van der Waals surface area contributed by atoms with Gasteiger partial charge in [0.05, 0.1) is 5.75 Å². The predicted molar refractivity (Wildman–Crippen MR) is 74.3 cm³/mol. The first kappa shape index (κ1) is 15.7. The molecule has 1 aliphatic rings. The van der Waals surface area contributed by atoms with Crippen LogP contribution in [0.15, 0.2) is 0 Å². The molecular weight excluding hydrogens is 248 g/mol. The van der Waals surface area contributed by atoms with Crippen molar-refractivity contribution < 1.29 is 13.2 Å². The summed E-state index contributed by atoms with van der Waals surface area (Å²) in [7, 11) is -2.93. The van der Waals surface area contributed by atoms with Gasteiger partial charge in [-0.1, -0.05) is 33.6 Å². The standard InChI is InChI=1S/C14H26O3S/c1-4-18(16,17)11-7-9-13(15)12-8-5-6-10-14(12,2)3/h12H,4-11H2,1-3H3. The highest BCUT2D eigenvalue weighted by molar-refractivity contribution is 7.91. The lowest BCUT2D eigenvalue weighted by atomic mass is 9.66. The Bertz CT molecular complexity index is 382. The van der Waals surface area contributed by atoms with Crippen molar-refractivity contribution >= 4 is 15.6 Å². The van der Waals surface area contributed by atoms with E-state index in [1.54, 1.807) is 6.92 Å². The van der Waals surface area contributed by atoms with Crippen LogP contribution in [0.4, 0.5) is 0 Å². The zero-order valence-electron chi connectivity index (χ0n) is 11.9. The molecule has 18 heavy (non-hydrogen) atoms. The third-order valence-electron chi connectivity index (χ3n) is 4.21. The van der Waals surface area contributed by atoms with Crippen LogP contribution in [0.3, 0.4) is 0 Å². The molecule has 4 heteroatoms. The molecular formula is C14H26O3S. The van der Waals surface area contributed by atoms with Crippen LogP contribution in [-0.4, -0.2) is 25.7 Å². The van der Waals surface area contributed by atoms with E-state index in [-0.39, 0.29) is 28.6 Å². The van der Waals surface area contributed by atoms with E-state index in [0.29, 0.717) is 12.8 Å². The fourth-order valence-electron chi connectivity index (χ4n) is 2.88. The number of carbonyl (C=O) groups is 1. The minimum Gasteiger partial charge on any atom is -0.299 e. The molecule has 0 N–H and O–H groups in total. The molecule has 1 fully saturated rings. The molecule has 1 aliphatic carbocycles. The molecule has 0 aromatic rings. The molecule has 0 aliphatic heterocycles. The van der Waals surface area contributed by atoms with Gasteiger partial charge in [-0.3, -0.25) is 4.79 Å². The van der Waals surface area contributed by atoms with Gasteiger partial charge in [0.1, 0.15) is 15.6 Å². The SMILES string of the molecule is CCS(=O)(=O)CCCC(=O)C1CCCCC1(C)C. The quantitative estimate of drug-likeness (QED) is 0.748. The topological polar surface area (TPSA) is 51.2 Å². The van der Waals surface area contributed by atoms with Crippen molar-refractivity contribution in [2.24, 2.45) is 11.3 Å². The molecule has 0 bridgehead atoms. The normalized spacial score (nSPS) is 23.8. The molecule has 0 aromatic heterocycles. The van der Waals surface area contributed by atoms with E-state index in [1.807, 2.05) is 0 Å². The average molecular weight is 274 g/mol. The van der Waals surface area contributed by atoms with Crippen molar-refractivity contribution in [2.75, 3.05) is 11.5 Å². The fraction of sp³-hybridized carbons (Fsp3) is 0.929.